The van der Waals surface area contributed by atoms with Gasteiger partial charge in [-0.15, -0.1) is 0 Å². The minimum absolute atomic E-state index is 0.0349. The van der Waals surface area contributed by atoms with E-state index in [1.54, 1.807) is 11.0 Å². The normalized spacial score (nSPS) is 13.6. The third kappa shape index (κ3) is 3.33. The SMILES string of the molecule is CC(C)(CNC(=O)c1occc1CN1C(=O)Cc2ccccc21)C(=O)O. The highest BCUT2D eigenvalue weighted by Gasteiger charge is 2.31. The molecule has 3 rings (SSSR count). The highest BCUT2D eigenvalue weighted by Crippen LogP contribution is 2.30. The van der Waals surface area contributed by atoms with Crippen molar-refractivity contribution in [2.45, 2.75) is 26.8 Å². The highest BCUT2D eigenvalue weighted by atomic mass is 16.4. The van der Waals surface area contributed by atoms with Gasteiger partial charge in [0.2, 0.25) is 5.91 Å². The predicted octanol–water partition coefficient (Wildman–Crippen LogP) is 2.21. The van der Waals surface area contributed by atoms with Gasteiger partial charge in [-0.2, -0.15) is 0 Å². The quantitative estimate of drug-likeness (QED) is 0.827. The zero-order chi connectivity index (χ0) is 18.9. The largest absolute Gasteiger partial charge is 0.481 e. The van der Waals surface area contributed by atoms with Crippen LogP contribution in [0.25, 0.3) is 0 Å². The van der Waals surface area contributed by atoms with Crippen LogP contribution >= 0.6 is 0 Å². The Morgan fingerprint density at radius 1 is 1.27 bits per heavy atom. The van der Waals surface area contributed by atoms with Gasteiger partial charge in [0, 0.05) is 17.8 Å². The molecular weight excluding hydrogens is 336 g/mol. The zero-order valence-electron chi connectivity index (χ0n) is 14.6. The molecule has 7 nitrogen and oxygen atoms in total. The first-order valence-electron chi connectivity index (χ1n) is 8.26. The minimum atomic E-state index is -1.09. The lowest BCUT2D eigenvalue weighted by Crippen LogP contribution is -2.39. The van der Waals surface area contributed by atoms with Crippen LogP contribution in [0.4, 0.5) is 5.69 Å². The molecule has 2 heterocycles. The van der Waals surface area contributed by atoms with Crippen molar-refractivity contribution in [3.63, 3.8) is 0 Å². The van der Waals surface area contributed by atoms with Crippen molar-refractivity contribution in [1.82, 2.24) is 5.32 Å². The second kappa shape index (κ2) is 6.67. The number of carbonyl (C=O) groups is 3. The number of amides is 2. The summed E-state index contributed by atoms with van der Waals surface area (Å²) in [6.45, 7) is 3.24. The van der Waals surface area contributed by atoms with E-state index in [-0.39, 0.29) is 24.8 Å². The Hall–Kier alpha value is -3.09. The first kappa shape index (κ1) is 17.7. The molecule has 1 aliphatic rings. The Balaban J connectivity index is 1.74. The number of benzene rings is 1. The van der Waals surface area contributed by atoms with E-state index in [0.29, 0.717) is 12.0 Å². The van der Waals surface area contributed by atoms with Gasteiger partial charge in [0.1, 0.15) is 0 Å². The molecule has 1 aliphatic heterocycles. The van der Waals surface area contributed by atoms with Gasteiger partial charge in [-0.25, -0.2) is 0 Å². The van der Waals surface area contributed by atoms with Gasteiger partial charge in [0.25, 0.3) is 5.91 Å². The van der Waals surface area contributed by atoms with Crippen LogP contribution in [0.3, 0.4) is 0 Å². The van der Waals surface area contributed by atoms with E-state index in [4.69, 9.17) is 9.52 Å². The average molecular weight is 356 g/mol. The first-order chi connectivity index (χ1) is 12.3. The summed E-state index contributed by atoms with van der Waals surface area (Å²) in [4.78, 5) is 37.5. The topological polar surface area (TPSA) is 99.9 Å². The Morgan fingerprint density at radius 2 is 2.00 bits per heavy atom. The summed E-state index contributed by atoms with van der Waals surface area (Å²) in [5.41, 5.74) is 1.26. The Morgan fingerprint density at radius 3 is 2.73 bits per heavy atom. The van der Waals surface area contributed by atoms with Gasteiger partial charge in [0.15, 0.2) is 5.76 Å². The molecule has 0 fully saturated rings. The maximum atomic E-state index is 12.4. The van der Waals surface area contributed by atoms with Crippen molar-refractivity contribution in [3.8, 4) is 0 Å². The fraction of sp³-hybridized carbons (Fsp3) is 0.316. The lowest BCUT2D eigenvalue weighted by Gasteiger charge is -2.20. The van der Waals surface area contributed by atoms with Crippen LogP contribution in [0.15, 0.2) is 41.0 Å². The van der Waals surface area contributed by atoms with Gasteiger partial charge in [-0.05, 0) is 31.5 Å². The Kier molecular flexibility index (Phi) is 4.54. The molecule has 2 aromatic rings. The van der Waals surface area contributed by atoms with Gasteiger partial charge >= 0.3 is 5.97 Å². The summed E-state index contributed by atoms with van der Waals surface area (Å²) < 4.78 is 5.29. The molecule has 0 radical (unpaired) electrons. The van der Waals surface area contributed by atoms with Crippen LogP contribution in [-0.2, 0) is 22.6 Å². The Bertz CT molecular complexity index is 868. The minimum Gasteiger partial charge on any atom is -0.481 e. The van der Waals surface area contributed by atoms with Gasteiger partial charge in [0.05, 0.1) is 24.6 Å². The van der Waals surface area contributed by atoms with E-state index in [9.17, 15) is 14.4 Å². The fourth-order valence-corrected chi connectivity index (χ4v) is 2.78. The summed E-state index contributed by atoms with van der Waals surface area (Å²) >= 11 is 0. The van der Waals surface area contributed by atoms with Gasteiger partial charge in [-0.1, -0.05) is 18.2 Å². The number of para-hydroxylation sites is 1. The van der Waals surface area contributed by atoms with Crippen molar-refractivity contribution < 1.29 is 23.9 Å². The van der Waals surface area contributed by atoms with E-state index in [1.165, 1.54) is 20.1 Å². The Labute approximate surface area is 150 Å². The predicted molar refractivity (Wildman–Crippen MR) is 93.8 cm³/mol. The van der Waals surface area contributed by atoms with E-state index in [0.717, 1.165) is 11.3 Å². The smallest absolute Gasteiger partial charge is 0.310 e. The molecule has 136 valence electrons. The number of rotatable bonds is 6. The maximum Gasteiger partial charge on any atom is 0.310 e. The number of hydrogen-bond acceptors (Lipinski definition) is 4. The average Bonchev–Trinajstić information content (AvgIpc) is 3.18. The van der Waals surface area contributed by atoms with Crippen molar-refractivity contribution in [2.75, 3.05) is 11.4 Å². The number of fused-ring (bicyclic) bond motifs is 1. The molecule has 7 heteroatoms. The van der Waals surface area contributed by atoms with E-state index >= 15 is 0 Å². The molecule has 26 heavy (non-hydrogen) atoms. The molecular formula is C19H20N2O5. The van der Waals surface area contributed by atoms with Crippen molar-refractivity contribution >= 4 is 23.5 Å². The van der Waals surface area contributed by atoms with Crippen molar-refractivity contribution in [3.05, 3.63) is 53.5 Å². The lowest BCUT2D eigenvalue weighted by molar-refractivity contribution is -0.146. The molecule has 0 aliphatic carbocycles. The number of aliphatic carboxylic acids is 1. The second-order valence-electron chi connectivity index (χ2n) is 6.93. The van der Waals surface area contributed by atoms with E-state index in [2.05, 4.69) is 5.32 Å². The standard InChI is InChI=1S/C19H20N2O5/c1-19(2,18(24)25)11-20-17(23)16-13(7-8-26-16)10-21-14-6-4-3-5-12(14)9-15(21)22/h3-8H,9-11H2,1-2H3,(H,20,23)(H,24,25). The summed E-state index contributed by atoms with van der Waals surface area (Å²) in [5, 5.41) is 11.7. The molecule has 0 bridgehead atoms. The third-order valence-electron chi connectivity index (χ3n) is 4.48. The number of carboxylic acid groups (broad SMARTS) is 1. The van der Waals surface area contributed by atoms with Crippen molar-refractivity contribution in [2.24, 2.45) is 5.41 Å². The molecule has 0 saturated heterocycles. The molecule has 0 unspecified atom stereocenters. The van der Waals surface area contributed by atoms with Gasteiger partial charge < -0.3 is 19.7 Å². The van der Waals surface area contributed by atoms with E-state index < -0.39 is 17.3 Å². The first-order valence-corrected chi connectivity index (χ1v) is 8.26. The molecule has 0 atom stereocenters. The number of nitrogens with one attached hydrogen (secondary N) is 1. The van der Waals surface area contributed by atoms with E-state index in [1.807, 2.05) is 24.3 Å². The lowest BCUT2D eigenvalue weighted by atomic mass is 9.94. The van der Waals surface area contributed by atoms with Crippen LogP contribution in [0, 0.1) is 5.41 Å². The van der Waals surface area contributed by atoms with Crippen LogP contribution in [0.5, 0.6) is 0 Å². The molecule has 0 saturated carbocycles. The number of nitrogens with zero attached hydrogens (tertiary/aromatic N) is 1. The number of anilines is 1. The monoisotopic (exact) mass is 356 g/mol. The summed E-state index contributed by atoms with van der Waals surface area (Å²) in [6, 6.07) is 9.17. The molecule has 1 aromatic heterocycles. The highest BCUT2D eigenvalue weighted by molar-refractivity contribution is 6.01. The number of carbonyl (C=O) groups excluding carboxylic acids is 2. The molecule has 0 spiro atoms. The van der Waals surface area contributed by atoms with Crippen LogP contribution in [-0.4, -0.2) is 29.4 Å². The number of carboxylic acids is 1. The summed E-state index contributed by atoms with van der Waals surface area (Å²) in [6.07, 6.45) is 1.72. The number of furan rings is 1. The molecule has 1 aromatic carbocycles. The van der Waals surface area contributed by atoms with Crippen LogP contribution < -0.4 is 10.2 Å². The zero-order valence-corrected chi connectivity index (χ0v) is 14.6. The summed E-state index contributed by atoms with van der Waals surface area (Å²) in [5.74, 6) is -1.45. The number of hydrogen-bond donors (Lipinski definition) is 2. The fourth-order valence-electron chi connectivity index (χ4n) is 2.78. The van der Waals surface area contributed by atoms with Crippen LogP contribution in [0.1, 0.15) is 35.5 Å². The third-order valence-corrected chi connectivity index (χ3v) is 4.48. The molecule has 2 amide bonds. The maximum absolute atomic E-state index is 12.4. The second-order valence-corrected chi connectivity index (χ2v) is 6.93. The van der Waals surface area contributed by atoms with Crippen LogP contribution in [0.2, 0.25) is 0 Å². The van der Waals surface area contributed by atoms with Crippen molar-refractivity contribution in [1.29, 1.82) is 0 Å². The summed E-state index contributed by atoms with van der Waals surface area (Å²) in [7, 11) is 0. The van der Waals surface area contributed by atoms with Gasteiger partial charge in [-0.3, -0.25) is 14.4 Å². The molecule has 2 N–H and O–H groups in total.